The number of hydrogen-bond acceptors (Lipinski definition) is 4. The van der Waals surface area contributed by atoms with Gasteiger partial charge in [0, 0.05) is 0 Å². The molecule has 0 fully saturated rings. The van der Waals surface area contributed by atoms with E-state index in [0.29, 0.717) is 6.61 Å². The van der Waals surface area contributed by atoms with Crippen molar-refractivity contribution in [1.29, 1.82) is 0 Å². The Labute approximate surface area is 160 Å². The van der Waals surface area contributed by atoms with Gasteiger partial charge in [0.1, 0.15) is 5.60 Å². The standard InChI is InChI=1S/C20H37NO4Si/c1-14(2)16-11-15(13-24-26(9,10)20(6,7)8)21(12-17(16)22)18(23)25-19(3,4)5/h11,14-15H,12-13H2,1-10H3. The summed E-state index contributed by atoms with van der Waals surface area (Å²) in [6.07, 6.45) is 1.43. The zero-order chi connectivity index (χ0) is 20.5. The predicted molar refractivity (Wildman–Crippen MR) is 108 cm³/mol. The molecule has 1 heterocycles. The summed E-state index contributed by atoms with van der Waals surface area (Å²) in [5.41, 5.74) is 0.168. The summed E-state index contributed by atoms with van der Waals surface area (Å²) < 4.78 is 11.9. The van der Waals surface area contributed by atoms with Crippen LogP contribution >= 0.6 is 0 Å². The second-order valence-corrected chi connectivity index (χ2v) is 14.8. The van der Waals surface area contributed by atoms with Crippen LogP contribution in [0.2, 0.25) is 18.1 Å². The predicted octanol–water partition coefficient (Wildman–Crippen LogP) is 4.78. The number of carbonyl (C=O) groups excluding carboxylic acids is 2. The van der Waals surface area contributed by atoms with Gasteiger partial charge in [-0.25, -0.2) is 4.79 Å². The van der Waals surface area contributed by atoms with Crippen LogP contribution in [-0.2, 0) is 14.0 Å². The van der Waals surface area contributed by atoms with E-state index >= 15 is 0 Å². The lowest BCUT2D eigenvalue weighted by molar-refractivity contribution is -0.118. The number of ether oxygens (including phenoxy) is 1. The minimum Gasteiger partial charge on any atom is -0.444 e. The lowest BCUT2D eigenvalue weighted by Gasteiger charge is -2.40. The number of carbonyl (C=O) groups is 2. The largest absolute Gasteiger partial charge is 0.444 e. The first-order valence-corrected chi connectivity index (χ1v) is 12.3. The fourth-order valence-electron chi connectivity index (χ4n) is 2.44. The molecule has 0 N–H and O–H groups in total. The quantitative estimate of drug-likeness (QED) is 0.656. The van der Waals surface area contributed by atoms with Gasteiger partial charge in [0.2, 0.25) is 0 Å². The number of hydrogen-bond donors (Lipinski definition) is 0. The van der Waals surface area contributed by atoms with Gasteiger partial charge in [0.05, 0.1) is 19.2 Å². The zero-order valence-electron chi connectivity index (χ0n) is 18.2. The molecule has 0 saturated carbocycles. The highest BCUT2D eigenvalue weighted by atomic mass is 28.4. The molecule has 0 spiro atoms. The van der Waals surface area contributed by atoms with Crippen molar-refractivity contribution in [1.82, 2.24) is 4.90 Å². The summed E-state index contributed by atoms with van der Waals surface area (Å²) in [5, 5.41) is 0.0822. The highest BCUT2D eigenvalue weighted by Crippen LogP contribution is 2.37. The monoisotopic (exact) mass is 383 g/mol. The van der Waals surface area contributed by atoms with Crippen LogP contribution in [0.1, 0.15) is 55.4 Å². The van der Waals surface area contributed by atoms with Crippen LogP contribution in [0.25, 0.3) is 0 Å². The van der Waals surface area contributed by atoms with Crippen molar-refractivity contribution in [2.75, 3.05) is 13.2 Å². The van der Waals surface area contributed by atoms with Crippen molar-refractivity contribution >= 4 is 20.2 Å². The van der Waals surface area contributed by atoms with E-state index in [1.165, 1.54) is 4.90 Å². The van der Waals surface area contributed by atoms with Crippen LogP contribution in [0.3, 0.4) is 0 Å². The molecule has 6 heteroatoms. The maximum Gasteiger partial charge on any atom is 0.411 e. The van der Waals surface area contributed by atoms with Crippen molar-refractivity contribution in [3.8, 4) is 0 Å². The van der Waals surface area contributed by atoms with Gasteiger partial charge in [-0.3, -0.25) is 9.69 Å². The highest BCUT2D eigenvalue weighted by molar-refractivity contribution is 6.74. The number of ketones is 1. The molecule has 0 aromatic heterocycles. The summed E-state index contributed by atoms with van der Waals surface area (Å²) in [4.78, 5) is 26.6. The first kappa shape index (κ1) is 22.9. The van der Waals surface area contributed by atoms with Crippen LogP contribution in [0.15, 0.2) is 11.6 Å². The Morgan fingerprint density at radius 3 is 2.19 bits per heavy atom. The average molecular weight is 384 g/mol. The summed E-state index contributed by atoms with van der Waals surface area (Å²) in [6.45, 7) is 20.8. The molecule has 1 amide bonds. The minimum atomic E-state index is -1.96. The summed E-state index contributed by atoms with van der Waals surface area (Å²) >= 11 is 0. The molecule has 0 bridgehead atoms. The molecule has 0 aromatic rings. The topological polar surface area (TPSA) is 55.8 Å². The van der Waals surface area contributed by atoms with Crippen molar-refractivity contribution in [3.63, 3.8) is 0 Å². The number of rotatable bonds is 4. The molecule has 1 rings (SSSR count). The Hall–Kier alpha value is -1.14. The molecular formula is C20H37NO4Si. The maximum atomic E-state index is 12.6. The van der Waals surface area contributed by atoms with Crippen molar-refractivity contribution in [3.05, 3.63) is 11.6 Å². The zero-order valence-corrected chi connectivity index (χ0v) is 19.2. The van der Waals surface area contributed by atoms with Crippen molar-refractivity contribution in [2.45, 2.75) is 85.2 Å². The molecule has 0 aliphatic carbocycles. The van der Waals surface area contributed by atoms with Crippen molar-refractivity contribution in [2.24, 2.45) is 5.92 Å². The fraction of sp³-hybridized carbons (Fsp3) is 0.800. The Balaban J connectivity index is 3.08. The molecule has 26 heavy (non-hydrogen) atoms. The summed E-state index contributed by atoms with van der Waals surface area (Å²) in [7, 11) is -1.96. The maximum absolute atomic E-state index is 12.6. The van der Waals surface area contributed by atoms with E-state index in [-0.39, 0.29) is 29.3 Å². The van der Waals surface area contributed by atoms with Gasteiger partial charge in [0.25, 0.3) is 0 Å². The molecule has 5 nitrogen and oxygen atoms in total. The van der Waals surface area contributed by atoms with Crippen molar-refractivity contribution < 1.29 is 18.8 Å². The molecule has 1 aliphatic heterocycles. The van der Waals surface area contributed by atoms with Crippen LogP contribution in [0.5, 0.6) is 0 Å². The smallest absolute Gasteiger partial charge is 0.411 e. The van der Waals surface area contributed by atoms with Gasteiger partial charge >= 0.3 is 6.09 Å². The number of nitrogens with zero attached hydrogens (tertiary/aromatic N) is 1. The second kappa shape index (κ2) is 7.85. The van der Waals surface area contributed by atoms with Crippen LogP contribution in [0.4, 0.5) is 4.79 Å². The number of Topliss-reactive ketones (excluding diaryl/α,β-unsaturated/α-hetero) is 1. The second-order valence-electron chi connectivity index (χ2n) is 9.95. The Morgan fingerprint density at radius 1 is 1.23 bits per heavy atom. The fourth-order valence-corrected chi connectivity index (χ4v) is 3.46. The minimum absolute atomic E-state index is 0.0190. The van der Waals surface area contributed by atoms with Crippen LogP contribution in [0, 0.1) is 5.92 Å². The van der Waals surface area contributed by atoms with E-state index in [9.17, 15) is 9.59 Å². The van der Waals surface area contributed by atoms with Gasteiger partial charge in [-0.05, 0) is 50.4 Å². The molecule has 1 unspecified atom stereocenters. The van der Waals surface area contributed by atoms with Gasteiger partial charge in [0.15, 0.2) is 14.1 Å². The van der Waals surface area contributed by atoms with E-state index in [1.54, 1.807) is 0 Å². The van der Waals surface area contributed by atoms with E-state index in [1.807, 2.05) is 40.7 Å². The SMILES string of the molecule is CC(C)C1=CC(CO[Si](C)(C)C(C)(C)C)N(C(=O)OC(C)(C)C)CC1=O. The Kier molecular flexibility index (Phi) is 6.91. The van der Waals surface area contributed by atoms with Crippen LogP contribution < -0.4 is 0 Å². The Bertz CT molecular complexity index is 567. The highest BCUT2D eigenvalue weighted by Gasteiger charge is 2.40. The van der Waals surface area contributed by atoms with Gasteiger partial charge < -0.3 is 9.16 Å². The molecular weight excluding hydrogens is 346 g/mol. The molecule has 0 saturated heterocycles. The molecule has 1 atom stereocenters. The lowest BCUT2D eigenvalue weighted by Crippen LogP contribution is -2.52. The van der Waals surface area contributed by atoms with E-state index < -0.39 is 20.0 Å². The third-order valence-electron chi connectivity index (χ3n) is 5.08. The normalized spacial score (nSPS) is 19.7. The molecule has 0 radical (unpaired) electrons. The van der Waals surface area contributed by atoms with Gasteiger partial charge in [-0.15, -0.1) is 0 Å². The molecule has 0 aromatic carbocycles. The first-order chi connectivity index (χ1) is 11.5. The molecule has 1 aliphatic rings. The summed E-state index contributed by atoms with van der Waals surface area (Å²) in [5.74, 6) is 0.105. The Morgan fingerprint density at radius 2 is 1.77 bits per heavy atom. The summed E-state index contributed by atoms with van der Waals surface area (Å²) in [6, 6.07) is -0.283. The van der Waals surface area contributed by atoms with Gasteiger partial charge in [-0.1, -0.05) is 40.7 Å². The van der Waals surface area contributed by atoms with E-state index in [4.69, 9.17) is 9.16 Å². The first-order valence-electron chi connectivity index (χ1n) is 9.43. The third-order valence-corrected chi connectivity index (χ3v) is 9.58. The van der Waals surface area contributed by atoms with Gasteiger partial charge in [-0.2, -0.15) is 0 Å². The average Bonchev–Trinajstić information content (AvgIpc) is 2.42. The lowest BCUT2D eigenvalue weighted by atomic mass is 9.93. The number of amides is 1. The third kappa shape index (κ3) is 5.95. The van der Waals surface area contributed by atoms with Crippen LogP contribution in [-0.4, -0.2) is 49.9 Å². The van der Waals surface area contributed by atoms with E-state index in [2.05, 4.69) is 33.9 Å². The van der Waals surface area contributed by atoms with E-state index in [0.717, 1.165) is 5.57 Å². The molecule has 150 valence electrons.